The van der Waals surface area contributed by atoms with Crippen LogP contribution >= 0.6 is 0 Å². The summed E-state index contributed by atoms with van der Waals surface area (Å²) in [5.74, 6) is 1.20. The fraction of sp³-hybridized carbons (Fsp3) is 0.422. The highest BCUT2D eigenvalue weighted by atomic mass is 32.2. The second kappa shape index (κ2) is 18.9. The molecule has 16 heteroatoms. The predicted octanol–water partition coefficient (Wildman–Crippen LogP) is 4.97. The lowest BCUT2D eigenvalue weighted by Gasteiger charge is -2.37. The van der Waals surface area contributed by atoms with E-state index in [1.54, 1.807) is 46.9 Å². The lowest BCUT2D eigenvalue weighted by Crippen LogP contribution is -2.51. The van der Waals surface area contributed by atoms with Crippen molar-refractivity contribution < 1.29 is 22.7 Å². The molecule has 61 heavy (non-hydrogen) atoms. The number of benzene rings is 3. The Labute approximate surface area is 358 Å². The third-order valence-corrected chi connectivity index (χ3v) is 12.6. The Morgan fingerprint density at radius 3 is 2.26 bits per heavy atom. The highest BCUT2D eigenvalue weighted by molar-refractivity contribution is 7.89. The summed E-state index contributed by atoms with van der Waals surface area (Å²) in [7, 11) is -3.67. The van der Waals surface area contributed by atoms with E-state index in [1.807, 2.05) is 42.5 Å². The molecule has 0 aliphatic carbocycles. The molecule has 0 radical (unpaired) electrons. The monoisotopic (exact) mass is 853 g/mol. The second-order valence-corrected chi connectivity index (χ2v) is 19.3. The molecule has 5 aromatic rings. The molecule has 1 fully saturated rings. The van der Waals surface area contributed by atoms with Crippen LogP contribution in [0.15, 0.2) is 99.7 Å². The van der Waals surface area contributed by atoms with Gasteiger partial charge in [-0.2, -0.15) is 9.29 Å². The molecule has 0 spiro atoms. The van der Waals surface area contributed by atoms with Gasteiger partial charge in [-0.05, 0) is 97.9 Å². The Morgan fingerprint density at radius 1 is 0.951 bits per heavy atom. The molecule has 7 rings (SSSR count). The zero-order valence-electron chi connectivity index (χ0n) is 35.9. The molecule has 0 bridgehead atoms. The second-order valence-electron chi connectivity index (χ2n) is 17.4. The number of nitrogens with two attached hydrogens (primary N) is 2. The summed E-state index contributed by atoms with van der Waals surface area (Å²) in [6.07, 6.45) is 3.60. The lowest BCUT2D eigenvalue weighted by atomic mass is 9.87. The number of H-pyrrole nitrogens is 1. The summed E-state index contributed by atoms with van der Waals surface area (Å²) in [6.45, 7) is 15.8. The number of nitrogens with zero attached hydrogens (tertiary/aromatic N) is 4. The number of para-hydroxylation sites is 2. The number of ether oxygens (including phenoxy) is 2. The topological polar surface area (TPSA) is 212 Å². The first-order valence-corrected chi connectivity index (χ1v) is 22.1. The van der Waals surface area contributed by atoms with Crippen molar-refractivity contribution >= 4 is 32.9 Å². The van der Waals surface area contributed by atoms with Crippen molar-refractivity contribution in [3.8, 4) is 17.2 Å². The Hall–Kier alpha value is -5.71. The summed E-state index contributed by atoms with van der Waals surface area (Å²) in [5.41, 5.74) is 13.8. The number of carbonyl (C=O) groups is 1. The van der Waals surface area contributed by atoms with Crippen molar-refractivity contribution in [1.82, 2.24) is 29.5 Å². The SMILES string of the molecule is CC(C)(C)c1cc2cn(-c3ccc(C(=O)NCCCN=C(N)N)cc3)c(=O)nc2[nH]1.CC(C)(C)c1ccc(S(=O)(=O)N(CC2COc3ccccc3O2)C2CCNCC2)cc1. The largest absolute Gasteiger partial charge is 0.486 e. The number of sulfonamides is 1. The number of aromatic nitrogens is 3. The van der Waals surface area contributed by atoms with E-state index in [-0.39, 0.29) is 47.1 Å². The van der Waals surface area contributed by atoms with Crippen LogP contribution in [0.2, 0.25) is 0 Å². The number of aromatic amines is 1. The summed E-state index contributed by atoms with van der Waals surface area (Å²) < 4.78 is 42.5. The van der Waals surface area contributed by atoms with Gasteiger partial charge in [0.1, 0.15) is 18.4 Å². The molecule has 2 aliphatic heterocycles. The minimum absolute atomic E-state index is 0.0301. The van der Waals surface area contributed by atoms with E-state index in [0.29, 0.717) is 59.4 Å². The molecule has 3 aromatic carbocycles. The third-order valence-electron chi connectivity index (χ3n) is 10.6. The van der Waals surface area contributed by atoms with Crippen molar-refractivity contribution in [2.45, 2.75) is 88.7 Å². The molecule has 2 aliphatic rings. The van der Waals surface area contributed by atoms with Crippen molar-refractivity contribution in [3.63, 3.8) is 0 Å². The number of fused-ring (bicyclic) bond motifs is 2. The average molecular weight is 854 g/mol. The normalized spacial score (nSPS) is 15.8. The molecule has 7 N–H and O–H groups in total. The van der Waals surface area contributed by atoms with Crippen LogP contribution in [0.4, 0.5) is 0 Å². The van der Waals surface area contributed by atoms with Crippen LogP contribution in [0, 0.1) is 0 Å². The van der Waals surface area contributed by atoms with E-state index in [2.05, 4.69) is 67.1 Å². The fourth-order valence-corrected chi connectivity index (χ4v) is 8.82. The number of piperidine rings is 1. The number of nitrogens with one attached hydrogen (secondary N) is 3. The van der Waals surface area contributed by atoms with Gasteiger partial charge in [-0.15, -0.1) is 0 Å². The molecule has 1 amide bonds. The first kappa shape index (κ1) is 44.8. The van der Waals surface area contributed by atoms with Gasteiger partial charge in [-0.3, -0.25) is 14.4 Å². The first-order chi connectivity index (χ1) is 28.9. The summed E-state index contributed by atoms with van der Waals surface area (Å²) in [4.78, 5) is 36.3. The maximum Gasteiger partial charge on any atom is 0.354 e. The average Bonchev–Trinajstić information content (AvgIpc) is 3.66. The number of hydrogen-bond acceptors (Lipinski definition) is 9. The van der Waals surface area contributed by atoms with Gasteiger partial charge in [0.2, 0.25) is 10.0 Å². The van der Waals surface area contributed by atoms with Gasteiger partial charge >= 0.3 is 5.69 Å². The van der Waals surface area contributed by atoms with Gasteiger partial charge in [-0.1, -0.05) is 65.8 Å². The molecular weight excluding hydrogens is 795 g/mol. The Bertz CT molecular complexity index is 2480. The maximum atomic E-state index is 13.7. The van der Waals surface area contributed by atoms with Crippen LogP contribution in [0.1, 0.15) is 82.4 Å². The molecule has 1 unspecified atom stereocenters. The molecule has 2 aromatic heterocycles. The Balaban J connectivity index is 0.000000204. The van der Waals surface area contributed by atoms with Crippen molar-refractivity contribution in [2.24, 2.45) is 16.5 Å². The highest BCUT2D eigenvalue weighted by Gasteiger charge is 2.36. The van der Waals surface area contributed by atoms with Crippen LogP contribution < -0.4 is 37.3 Å². The lowest BCUT2D eigenvalue weighted by molar-refractivity contribution is 0.0666. The fourth-order valence-electron chi connectivity index (χ4n) is 7.10. The summed E-state index contributed by atoms with van der Waals surface area (Å²) in [6, 6.07) is 23.6. The van der Waals surface area contributed by atoms with E-state index in [9.17, 15) is 18.0 Å². The van der Waals surface area contributed by atoms with Crippen LogP contribution in [-0.2, 0) is 20.9 Å². The first-order valence-electron chi connectivity index (χ1n) is 20.7. The number of rotatable bonds is 11. The van der Waals surface area contributed by atoms with E-state index >= 15 is 0 Å². The minimum atomic E-state index is -3.67. The standard InChI is InChI=1S/C24H32N2O4S.C21H27N7O2/c1-24(2,3)18-8-10-21(11-9-18)31(27,28)26(19-12-14-25-15-13-19)16-20-17-29-22-6-4-5-7-23(22)30-20;1-21(2,3)16-11-14-12-28(20(30)27-17(14)26-16)15-7-5-13(6-8-15)18(29)24-9-4-10-25-19(22)23/h4-11,19-20,25H,12-17H2,1-3H3;5-8,11-12H,4,9-10H2,1-3H3,(H,24,29)(H4,22,23,25)(H,26,27,30). The van der Waals surface area contributed by atoms with Crippen molar-refractivity contribution in [3.05, 3.63) is 112 Å². The van der Waals surface area contributed by atoms with Crippen molar-refractivity contribution in [1.29, 1.82) is 0 Å². The molecule has 326 valence electrons. The molecule has 1 atom stereocenters. The zero-order valence-corrected chi connectivity index (χ0v) is 36.7. The summed E-state index contributed by atoms with van der Waals surface area (Å²) >= 11 is 0. The quantitative estimate of drug-likeness (QED) is 0.0684. The van der Waals surface area contributed by atoms with Crippen LogP contribution in [-0.4, -0.2) is 90.6 Å². The van der Waals surface area contributed by atoms with Gasteiger partial charge in [0, 0.05) is 47.4 Å². The van der Waals surface area contributed by atoms with Gasteiger partial charge < -0.3 is 36.6 Å². The van der Waals surface area contributed by atoms with Gasteiger partial charge in [0.25, 0.3) is 5.91 Å². The van der Waals surface area contributed by atoms with Gasteiger partial charge in [-0.25, -0.2) is 13.2 Å². The van der Waals surface area contributed by atoms with E-state index in [4.69, 9.17) is 20.9 Å². The number of aliphatic imine (C=N–C) groups is 1. The number of amides is 1. The zero-order chi connectivity index (χ0) is 44.0. The Morgan fingerprint density at radius 2 is 1.62 bits per heavy atom. The van der Waals surface area contributed by atoms with Crippen molar-refractivity contribution in [2.75, 3.05) is 39.3 Å². The number of hydrogen-bond donors (Lipinski definition) is 5. The molecule has 15 nitrogen and oxygen atoms in total. The number of carbonyl (C=O) groups excluding carboxylic acids is 1. The van der Waals surface area contributed by atoms with Gasteiger partial charge in [0.05, 0.1) is 17.1 Å². The number of guanidine groups is 1. The van der Waals surface area contributed by atoms with E-state index < -0.39 is 10.0 Å². The third kappa shape index (κ3) is 11.4. The molecule has 1 saturated heterocycles. The molecule has 0 saturated carbocycles. The van der Waals surface area contributed by atoms with Crippen LogP contribution in [0.25, 0.3) is 16.7 Å². The minimum Gasteiger partial charge on any atom is -0.486 e. The smallest absolute Gasteiger partial charge is 0.354 e. The molecular formula is C45H59N9O6S. The van der Waals surface area contributed by atoms with Crippen LogP contribution in [0.5, 0.6) is 11.5 Å². The Kier molecular flexibility index (Phi) is 13.9. The van der Waals surface area contributed by atoms with E-state index in [1.165, 1.54) is 4.57 Å². The predicted molar refractivity (Wildman–Crippen MR) is 239 cm³/mol. The van der Waals surface area contributed by atoms with E-state index in [0.717, 1.165) is 42.6 Å². The van der Waals surface area contributed by atoms with Gasteiger partial charge in [0.15, 0.2) is 17.5 Å². The highest BCUT2D eigenvalue weighted by Crippen LogP contribution is 2.33. The molecule has 4 heterocycles. The van der Waals surface area contributed by atoms with Crippen LogP contribution in [0.3, 0.4) is 0 Å². The summed E-state index contributed by atoms with van der Waals surface area (Å²) in [5, 5.41) is 6.98. The maximum absolute atomic E-state index is 13.7.